The maximum absolute atomic E-state index is 13.6. The van der Waals surface area contributed by atoms with Crippen LogP contribution in [-0.2, 0) is 0 Å². The quantitative estimate of drug-likeness (QED) is 0.699. The van der Waals surface area contributed by atoms with E-state index in [-0.39, 0.29) is 23.5 Å². The highest BCUT2D eigenvalue weighted by atomic mass is 19.1. The first kappa shape index (κ1) is 14.2. The lowest BCUT2D eigenvalue weighted by Crippen LogP contribution is -2.38. The van der Waals surface area contributed by atoms with E-state index in [1.54, 1.807) is 0 Å². The van der Waals surface area contributed by atoms with Gasteiger partial charge in [0.15, 0.2) is 0 Å². The number of anilines is 1. The molecule has 0 saturated heterocycles. The number of ether oxygens (including phenoxy) is 1. The van der Waals surface area contributed by atoms with E-state index in [4.69, 9.17) is 10.5 Å². The molecule has 0 heterocycles. The second kappa shape index (κ2) is 5.22. The number of nitrogen functional groups attached to an aromatic ring is 1. The summed E-state index contributed by atoms with van der Waals surface area (Å²) < 4.78 is 18.5. The van der Waals surface area contributed by atoms with Gasteiger partial charge in [0.05, 0.1) is 24.0 Å². The summed E-state index contributed by atoms with van der Waals surface area (Å²) in [6, 6.07) is 2.25. The SMILES string of the molecule is COc1cc(C(=O)NCC(C)(C)O)c(F)cc1N. The van der Waals surface area contributed by atoms with Crippen molar-refractivity contribution in [1.82, 2.24) is 5.32 Å². The highest BCUT2D eigenvalue weighted by molar-refractivity contribution is 5.95. The molecule has 0 aliphatic carbocycles. The fraction of sp³-hybridized carbons (Fsp3) is 0.417. The first-order valence-corrected chi connectivity index (χ1v) is 5.38. The summed E-state index contributed by atoms with van der Waals surface area (Å²) in [4.78, 5) is 11.7. The van der Waals surface area contributed by atoms with Crippen LogP contribution in [0.3, 0.4) is 0 Å². The van der Waals surface area contributed by atoms with Crippen molar-refractivity contribution in [2.75, 3.05) is 19.4 Å². The largest absolute Gasteiger partial charge is 0.495 e. The molecule has 4 N–H and O–H groups in total. The zero-order valence-electron chi connectivity index (χ0n) is 10.6. The third-order valence-corrected chi connectivity index (χ3v) is 2.25. The van der Waals surface area contributed by atoms with E-state index in [9.17, 15) is 14.3 Å². The van der Waals surface area contributed by atoms with Crippen LogP contribution >= 0.6 is 0 Å². The van der Waals surface area contributed by atoms with Gasteiger partial charge in [-0.05, 0) is 19.9 Å². The fourth-order valence-corrected chi connectivity index (χ4v) is 1.31. The van der Waals surface area contributed by atoms with Gasteiger partial charge in [-0.2, -0.15) is 0 Å². The third kappa shape index (κ3) is 3.59. The molecule has 5 nitrogen and oxygen atoms in total. The minimum Gasteiger partial charge on any atom is -0.495 e. The molecule has 0 atom stereocenters. The molecule has 0 saturated carbocycles. The fourth-order valence-electron chi connectivity index (χ4n) is 1.31. The zero-order valence-corrected chi connectivity index (χ0v) is 10.6. The predicted molar refractivity (Wildman–Crippen MR) is 66.0 cm³/mol. The lowest BCUT2D eigenvalue weighted by atomic mass is 10.1. The molecular formula is C12H17FN2O3. The number of halogens is 1. The second-order valence-corrected chi connectivity index (χ2v) is 4.57. The standard InChI is InChI=1S/C12H17FN2O3/c1-12(2,17)6-15-11(16)7-4-10(18-3)9(14)5-8(7)13/h4-5,17H,6,14H2,1-3H3,(H,15,16). The Morgan fingerprint density at radius 2 is 2.17 bits per heavy atom. The van der Waals surface area contributed by atoms with Crippen molar-refractivity contribution in [3.8, 4) is 5.75 Å². The van der Waals surface area contributed by atoms with Crippen LogP contribution in [-0.4, -0.2) is 30.3 Å². The van der Waals surface area contributed by atoms with Crippen LogP contribution in [0.15, 0.2) is 12.1 Å². The number of nitrogens with one attached hydrogen (secondary N) is 1. The number of nitrogens with two attached hydrogens (primary N) is 1. The second-order valence-electron chi connectivity index (χ2n) is 4.57. The Morgan fingerprint density at radius 3 is 2.67 bits per heavy atom. The van der Waals surface area contributed by atoms with Crippen molar-refractivity contribution >= 4 is 11.6 Å². The highest BCUT2D eigenvalue weighted by Gasteiger charge is 2.18. The van der Waals surface area contributed by atoms with Crippen molar-refractivity contribution < 1.29 is 19.0 Å². The van der Waals surface area contributed by atoms with E-state index in [1.807, 2.05) is 0 Å². The summed E-state index contributed by atoms with van der Waals surface area (Å²) >= 11 is 0. The molecule has 0 aliphatic rings. The van der Waals surface area contributed by atoms with Crippen molar-refractivity contribution in [3.05, 3.63) is 23.5 Å². The van der Waals surface area contributed by atoms with Crippen LogP contribution in [0.25, 0.3) is 0 Å². The van der Waals surface area contributed by atoms with E-state index in [1.165, 1.54) is 27.0 Å². The van der Waals surface area contributed by atoms with Gasteiger partial charge in [-0.1, -0.05) is 0 Å². The number of hydrogen-bond acceptors (Lipinski definition) is 4. The average Bonchev–Trinajstić information content (AvgIpc) is 2.25. The number of hydrogen-bond donors (Lipinski definition) is 3. The molecule has 1 aromatic rings. The highest BCUT2D eigenvalue weighted by Crippen LogP contribution is 2.24. The predicted octanol–water partition coefficient (Wildman–Crippen LogP) is 0.917. The van der Waals surface area contributed by atoms with Crippen LogP contribution in [0.2, 0.25) is 0 Å². The van der Waals surface area contributed by atoms with Crippen molar-refractivity contribution in [1.29, 1.82) is 0 Å². The summed E-state index contributed by atoms with van der Waals surface area (Å²) in [7, 11) is 1.38. The number of benzene rings is 1. The van der Waals surface area contributed by atoms with E-state index in [0.717, 1.165) is 6.07 Å². The molecule has 0 unspecified atom stereocenters. The topological polar surface area (TPSA) is 84.6 Å². The van der Waals surface area contributed by atoms with E-state index in [2.05, 4.69) is 5.32 Å². The number of methoxy groups -OCH3 is 1. The van der Waals surface area contributed by atoms with Gasteiger partial charge in [-0.15, -0.1) is 0 Å². The van der Waals surface area contributed by atoms with Crippen LogP contribution in [0.4, 0.5) is 10.1 Å². The molecule has 0 aromatic heterocycles. The molecule has 1 aromatic carbocycles. The monoisotopic (exact) mass is 256 g/mol. The molecule has 0 spiro atoms. The van der Waals surface area contributed by atoms with Gasteiger partial charge in [-0.25, -0.2) is 4.39 Å². The molecule has 0 fully saturated rings. The van der Waals surface area contributed by atoms with Gasteiger partial charge in [0, 0.05) is 12.6 Å². The van der Waals surface area contributed by atoms with Gasteiger partial charge in [0.1, 0.15) is 11.6 Å². The van der Waals surface area contributed by atoms with Gasteiger partial charge in [-0.3, -0.25) is 4.79 Å². The van der Waals surface area contributed by atoms with Crippen LogP contribution in [0, 0.1) is 5.82 Å². The molecule has 0 bridgehead atoms. The minimum atomic E-state index is -1.07. The smallest absolute Gasteiger partial charge is 0.254 e. The Balaban J connectivity index is 2.92. The lowest BCUT2D eigenvalue weighted by molar-refractivity contribution is 0.0692. The van der Waals surface area contributed by atoms with E-state index >= 15 is 0 Å². The van der Waals surface area contributed by atoms with E-state index < -0.39 is 17.3 Å². The Hall–Kier alpha value is -1.82. The summed E-state index contributed by atoms with van der Waals surface area (Å²) in [5.41, 5.74) is 4.39. The Morgan fingerprint density at radius 1 is 1.56 bits per heavy atom. The first-order valence-electron chi connectivity index (χ1n) is 5.38. The minimum absolute atomic E-state index is 0.0119. The number of amides is 1. The van der Waals surface area contributed by atoms with Crippen LogP contribution in [0.1, 0.15) is 24.2 Å². The molecule has 0 radical (unpaired) electrons. The van der Waals surface area contributed by atoms with Gasteiger partial charge in [0.2, 0.25) is 0 Å². The summed E-state index contributed by atoms with van der Waals surface area (Å²) in [6.07, 6.45) is 0. The molecule has 100 valence electrons. The molecule has 1 amide bonds. The van der Waals surface area contributed by atoms with Crippen molar-refractivity contribution in [3.63, 3.8) is 0 Å². The summed E-state index contributed by atoms with van der Waals surface area (Å²) in [6.45, 7) is 3.08. The zero-order chi connectivity index (χ0) is 13.9. The molecule has 0 aliphatic heterocycles. The first-order chi connectivity index (χ1) is 8.24. The molecular weight excluding hydrogens is 239 g/mol. The number of carbonyl (C=O) groups excluding carboxylic acids is 1. The Kier molecular flexibility index (Phi) is 4.13. The lowest BCUT2D eigenvalue weighted by Gasteiger charge is -2.18. The maximum atomic E-state index is 13.6. The van der Waals surface area contributed by atoms with Crippen molar-refractivity contribution in [2.45, 2.75) is 19.4 Å². The Labute approximate surface area is 105 Å². The number of rotatable bonds is 4. The molecule has 6 heteroatoms. The summed E-state index contributed by atoms with van der Waals surface area (Å²) in [5.74, 6) is -1.14. The van der Waals surface area contributed by atoms with Gasteiger partial charge >= 0.3 is 0 Å². The Bertz CT molecular complexity index is 455. The number of aliphatic hydroxyl groups is 1. The van der Waals surface area contributed by atoms with Crippen LogP contribution < -0.4 is 15.8 Å². The van der Waals surface area contributed by atoms with E-state index in [0.29, 0.717) is 0 Å². The third-order valence-electron chi connectivity index (χ3n) is 2.25. The summed E-state index contributed by atoms with van der Waals surface area (Å²) in [5, 5.41) is 11.9. The maximum Gasteiger partial charge on any atom is 0.254 e. The van der Waals surface area contributed by atoms with Gasteiger partial charge < -0.3 is 20.9 Å². The van der Waals surface area contributed by atoms with Crippen LogP contribution in [0.5, 0.6) is 5.75 Å². The van der Waals surface area contributed by atoms with Crippen molar-refractivity contribution in [2.24, 2.45) is 0 Å². The molecule has 18 heavy (non-hydrogen) atoms. The average molecular weight is 256 g/mol. The number of carbonyl (C=O) groups is 1. The normalized spacial score (nSPS) is 11.2. The van der Waals surface area contributed by atoms with Gasteiger partial charge in [0.25, 0.3) is 5.91 Å². The molecule has 1 rings (SSSR count).